The van der Waals surface area contributed by atoms with Crippen LogP contribution in [0.25, 0.3) is 0 Å². The van der Waals surface area contributed by atoms with E-state index in [4.69, 9.17) is 0 Å². The van der Waals surface area contributed by atoms with E-state index in [1.807, 2.05) is 6.92 Å². The van der Waals surface area contributed by atoms with E-state index in [2.05, 4.69) is 30.5 Å². The van der Waals surface area contributed by atoms with Crippen LogP contribution in [0.15, 0.2) is 0 Å². The molecule has 1 aromatic rings. The molecule has 1 aromatic heterocycles. The maximum atomic E-state index is 11.6. The van der Waals surface area contributed by atoms with Crippen LogP contribution in [0.4, 0.5) is 17.8 Å². The Hall–Kier alpha value is -2.12. The maximum absolute atomic E-state index is 11.6. The van der Waals surface area contributed by atoms with Gasteiger partial charge in [0.25, 0.3) is 0 Å². The van der Waals surface area contributed by atoms with E-state index in [0.717, 1.165) is 32.5 Å². The van der Waals surface area contributed by atoms with Crippen LogP contribution in [0.1, 0.15) is 19.8 Å². The van der Waals surface area contributed by atoms with Crippen molar-refractivity contribution in [3.8, 4) is 0 Å². The summed E-state index contributed by atoms with van der Waals surface area (Å²) >= 11 is 0. The highest BCUT2D eigenvalue weighted by Gasteiger charge is 2.17. The highest BCUT2D eigenvalue weighted by atomic mass is 16.2. The zero-order valence-electron chi connectivity index (χ0n) is 12.9. The summed E-state index contributed by atoms with van der Waals surface area (Å²) in [5, 5.41) is 6.07. The zero-order chi connectivity index (χ0) is 15.2. The lowest BCUT2D eigenvalue weighted by Gasteiger charge is -2.17. The monoisotopic (exact) mass is 293 g/mol. The van der Waals surface area contributed by atoms with Crippen molar-refractivity contribution in [3.63, 3.8) is 0 Å². The molecular formula is C13H23N7O. The van der Waals surface area contributed by atoms with Crippen LogP contribution in [0, 0.1) is 0 Å². The molecule has 0 bridgehead atoms. The van der Waals surface area contributed by atoms with Crippen molar-refractivity contribution in [1.29, 1.82) is 0 Å². The van der Waals surface area contributed by atoms with Crippen molar-refractivity contribution in [2.75, 3.05) is 55.8 Å². The number of likely N-dealkylation sites (N-methyl/N-ethyl adjacent to an activating group) is 1. The maximum Gasteiger partial charge on any atom is 0.241 e. The van der Waals surface area contributed by atoms with Gasteiger partial charge in [0.15, 0.2) is 0 Å². The van der Waals surface area contributed by atoms with E-state index in [1.165, 1.54) is 4.90 Å². The molecule has 2 N–H and O–H groups in total. The largest absolute Gasteiger partial charge is 0.354 e. The number of aromatic nitrogens is 3. The summed E-state index contributed by atoms with van der Waals surface area (Å²) in [5.41, 5.74) is 0. The third-order valence-corrected chi connectivity index (χ3v) is 3.24. The lowest BCUT2D eigenvalue weighted by atomic mass is 10.4. The van der Waals surface area contributed by atoms with Crippen molar-refractivity contribution < 1.29 is 4.79 Å². The summed E-state index contributed by atoms with van der Waals surface area (Å²) in [6.07, 6.45) is 2.31. The van der Waals surface area contributed by atoms with Gasteiger partial charge in [-0.2, -0.15) is 15.0 Å². The number of carbonyl (C=O) groups excluding carboxylic acids is 1. The molecule has 0 spiro atoms. The van der Waals surface area contributed by atoms with E-state index in [9.17, 15) is 4.79 Å². The number of rotatable bonds is 6. The highest BCUT2D eigenvalue weighted by Crippen LogP contribution is 2.18. The van der Waals surface area contributed by atoms with Gasteiger partial charge in [-0.05, 0) is 19.8 Å². The van der Waals surface area contributed by atoms with Gasteiger partial charge in [-0.25, -0.2) is 0 Å². The minimum atomic E-state index is -0.0249. The predicted molar refractivity (Wildman–Crippen MR) is 82.6 cm³/mol. The third kappa shape index (κ3) is 4.17. The number of hydrogen-bond donors (Lipinski definition) is 2. The fourth-order valence-corrected chi connectivity index (χ4v) is 2.05. The lowest BCUT2D eigenvalue weighted by molar-refractivity contribution is -0.126. The van der Waals surface area contributed by atoms with Crippen molar-refractivity contribution >= 4 is 23.8 Å². The summed E-state index contributed by atoms with van der Waals surface area (Å²) in [6, 6.07) is 0. The fraction of sp³-hybridized carbons (Fsp3) is 0.692. The molecule has 1 aliphatic heterocycles. The Balaban J connectivity index is 2.12. The molecule has 0 aromatic carbocycles. The Bertz CT molecular complexity index is 485. The Morgan fingerprint density at radius 3 is 2.33 bits per heavy atom. The standard InChI is InChI=1S/C13H23N7O/c1-4-14-11-16-12(15-9-10(21)19(2)3)18-13(17-11)20-7-5-6-8-20/h4-9H2,1-3H3,(H2,14,15,16,17,18). The predicted octanol–water partition coefficient (Wildman–Crippen LogP) is 0.404. The first kappa shape index (κ1) is 15.3. The molecule has 0 atom stereocenters. The third-order valence-electron chi connectivity index (χ3n) is 3.24. The minimum Gasteiger partial charge on any atom is -0.354 e. The summed E-state index contributed by atoms with van der Waals surface area (Å²) in [6.45, 7) is 4.82. The number of nitrogens with zero attached hydrogens (tertiary/aromatic N) is 5. The van der Waals surface area contributed by atoms with Crippen molar-refractivity contribution in [2.24, 2.45) is 0 Å². The topological polar surface area (TPSA) is 86.3 Å². The molecule has 1 aliphatic rings. The average molecular weight is 293 g/mol. The first-order chi connectivity index (χ1) is 10.1. The van der Waals surface area contributed by atoms with Crippen LogP contribution >= 0.6 is 0 Å². The van der Waals surface area contributed by atoms with E-state index in [-0.39, 0.29) is 12.5 Å². The fourth-order valence-electron chi connectivity index (χ4n) is 2.05. The molecule has 0 radical (unpaired) electrons. The number of amides is 1. The lowest BCUT2D eigenvalue weighted by Crippen LogP contribution is -2.29. The summed E-state index contributed by atoms with van der Waals surface area (Å²) in [5.74, 6) is 1.61. The minimum absolute atomic E-state index is 0.0249. The van der Waals surface area contributed by atoms with Crippen LogP contribution in [0.5, 0.6) is 0 Å². The molecule has 0 saturated carbocycles. The van der Waals surface area contributed by atoms with Crippen LogP contribution in [0.3, 0.4) is 0 Å². The van der Waals surface area contributed by atoms with Gasteiger partial charge >= 0.3 is 0 Å². The molecule has 0 unspecified atom stereocenters. The van der Waals surface area contributed by atoms with Crippen LogP contribution in [-0.2, 0) is 4.79 Å². The normalized spacial score (nSPS) is 14.1. The smallest absolute Gasteiger partial charge is 0.241 e. The molecule has 1 saturated heterocycles. The molecule has 2 rings (SSSR count). The molecule has 21 heavy (non-hydrogen) atoms. The van der Waals surface area contributed by atoms with Crippen LogP contribution in [0.2, 0.25) is 0 Å². The van der Waals surface area contributed by atoms with Gasteiger partial charge < -0.3 is 20.4 Å². The second kappa shape index (κ2) is 7.05. The average Bonchev–Trinajstić information content (AvgIpc) is 2.99. The van der Waals surface area contributed by atoms with E-state index >= 15 is 0 Å². The van der Waals surface area contributed by atoms with Crippen LogP contribution < -0.4 is 15.5 Å². The number of anilines is 3. The number of hydrogen-bond acceptors (Lipinski definition) is 7. The van der Waals surface area contributed by atoms with Crippen molar-refractivity contribution in [2.45, 2.75) is 19.8 Å². The van der Waals surface area contributed by atoms with E-state index in [0.29, 0.717) is 17.8 Å². The Morgan fingerprint density at radius 2 is 1.76 bits per heavy atom. The first-order valence-corrected chi connectivity index (χ1v) is 7.29. The number of carbonyl (C=O) groups is 1. The molecule has 116 valence electrons. The highest BCUT2D eigenvalue weighted by molar-refractivity contribution is 5.79. The summed E-state index contributed by atoms with van der Waals surface area (Å²) in [7, 11) is 3.44. The second-order valence-corrected chi connectivity index (χ2v) is 5.15. The summed E-state index contributed by atoms with van der Waals surface area (Å²) in [4.78, 5) is 28.4. The van der Waals surface area contributed by atoms with Gasteiger partial charge in [-0.3, -0.25) is 4.79 Å². The van der Waals surface area contributed by atoms with Gasteiger partial charge in [0.05, 0.1) is 6.54 Å². The van der Waals surface area contributed by atoms with Gasteiger partial charge in [0.1, 0.15) is 0 Å². The molecular weight excluding hydrogens is 270 g/mol. The first-order valence-electron chi connectivity index (χ1n) is 7.29. The van der Waals surface area contributed by atoms with Gasteiger partial charge in [0.2, 0.25) is 23.8 Å². The molecule has 8 nitrogen and oxygen atoms in total. The van der Waals surface area contributed by atoms with Crippen molar-refractivity contribution in [3.05, 3.63) is 0 Å². The SMILES string of the molecule is CCNc1nc(NCC(=O)N(C)C)nc(N2CCCC2)n1. The molecule has 1 amide bonds. The van der Waals surface area contributed by atoms with Gasteiger partial charge in [-0.15, -0.1) is 0 Å². The van der Waals surface area contributed by atoms with Gasteiger partial charge in [-0.1, -0.05) is 0 Å². The Labute approximate surface area is 125 Å². The molecule has 2 heterocycles. The Kier molecular flexibility index (Phi) is 5.13. The van der Waals surface area contributed by atoms with Crippen LogP contribution in [-0.4, -0.2) is 66.0 Å². The van der Waals surface area contributed by atoms with E-state index in [1.54, 1.807) is 14.1 Å². The second-order valence-electron chi connectivity index (χ2n) is 5.15. The summed E-state index contributed by atoms with van der Waals surface area (Å²) < 4.78 is 0. The quantitative estimate of drug-likeness (QED) is 0.785. The molecule has 1 fully saturated rings. The van der Waals surface area contributed by atoms with Gasteiger partial charge in [0, 0.05) is 33.7 Å². The molecule has 8 heteroatoms. The molecule has 0 aliphatic carbocycles. The Morgan fingerprint density at radius 1 is 1.14 bits per heavy atom. The number of nitrogens with one attached hydrogen (secondary N) is 2. The van der Waals surface area contributed by atoms with Crippen molar-refractivity contribution in [1.82, 2.24) is 19.9 Å². The van der Waals surface area contributed by atoms with E-state index < -0.39 is 0 Å². The zero-order valence-corrected chi connectivity index (χ0v) is 12.9.